The molecule has 2 aromatic rings. The van der Waals surface area contributed by atoms with Gasteiger partial charge in [0.15, 0.2) is 17.5 Å². The lowest BCUT2D eigenvalue weighted by Gasteiger charge is -2.22. The first-order valence-corrected chi connectivity index (χ1v) is 10.0. The fraction of sp³-hybridized carbons (Fsp3) is 0.375. The van der Waals surface area contributed by atoms with Crippen LogP contribution in [0.1, 0.15) is 23.5 Å². The highest BCUT2D eigenvalue weighted by Crippen LogP contribution is 2.29. The Hall–Kier alpha value is -3.33. The molecule has 0 amide bonds. The quantitative estimate of drug-likeness (QED) is 0.434. The van der Waals surface area contributed by atoms with Gasteiger partial charge in [-0.2, -0.15) is 0 Å². The molecular weight excluding hydrogens is 378 g/mol. The van der Waals surface area contributed by atoms with Crippen molar-refractivity contribution in [2.75, 3.05) is 41.0 Å². The molecule has 0 aromatic heterocycles. The van der Waals surface area contributed by atoms with Gasteiger partial charge in [0.05, 0.1) is 14.2 Å². The first kappa shape index (κ1) is 21.4. The van der Waals surface area contributed by atoms with Gasteiger partial charge < -0.3 is 24.4 Å². The highest BCUT2D eigenvalue weighted by molar-refractivity contribution is 5.80. The molecule has 0 radical (unpaired) electrons. The second-order valence-electron chi connectivity index (χ2n) is 7.08. The third kappa shape index (κ3) is 5.18. The van der Waals surface area contributed by atoms with E-state index in [-0.39, 0.29) is 6.61 Å². The third-order valence-corrected chi connectivity index (χ3v) is 5.28. The average molecular weight is 408 g/mol. The number of terminal acetylenes is 1. The number of rotatable bonds is 7. The minimum Gasteiger partial charge on any atom is -0.497 e. The van der Waals surface area contributed by atoms with E-state index in [0.29, 0.717) is 24.0 Å². The fourth-order valence-corrected chi connectivity index (χ4v) is 3.68. The lowest BCUT2D eigenvalue weighted by Crippen LogP contribution is -2.39. The Balaban J connectivity index is 1.60. The summed E-state index contributed by atoms with van der Waals surface area (Å²) in [6.07, 6.45) is 6.40. The van der Waals surface area contributed by atoms with E-state index < -0.39 is 0 Å². The number of nitrogens with one attached hydrogen (secondary N) is 1. The maximum absolute atomic E-state index is 5.59. The molecular formula is C24H29N3O3. The van der Waals surface area contributed by atoms with Crippen molar-refractivity contribution in [3.8, 4) is 29.6 Å². The van der Waals surface area contributed by atoms with Crippen LogP contribution in [0.5, 0.6) is 17.2 Å². The summed E-state index contributed by atoms with van der Waals surface area (Å²) in [5, 5.41) is 3.46. The summed E-state index contributed by atoms with van der Waals surface area (Å²) in [5.41, 5.74) is 2.40. The fourth-order valence-electron chi connectivity index (χ4n) is 3.68. The average Bonchev–Trinajstić information content (AvgIpc) is 3.28. The molecule has 1 fully saturated rings. The van der Waals surface area contributed by atoms with Crippen LogP contribution >= 0.6 is 0 Å². The largest absolute Gasteiger partial charge is 0.497 e. The van der Waals surface area contributed by atoms with Crippen LogP contribution in [0, 0.1) is 12.3 Å². The predicted molar refractivity (Wildman–Crippen MR) is 119 cm³/mol. The van der Waals surface area contributed by atoms with Crippen molar-refractivity contribution in [2.45, 2.75) is 18.9 Å². The molecule has 1 saturated heterocycles. The minimum atomic E-state index is 0.204. The molecule has 1 heterocycles. The number of likely N-dealkylation sites (tertiary alicyclic amines) is 1. The van der Waals surface area contributed by atoms with Crippen LogP contribution in [0.15, 0.2) is 47.5 Å². The van der Waals surface area contributed by atoms with Crippen molar-refractivity contribution in [1.82, 2.24) is 10.2 Å². The van der Waals surface area contributed by atoms with Crippen molar-refractivity contribution < 1.29 is 14.2 Å². The molecule has 1 unspecified atom stereocenters. The van der Waals surface area contributed by atoms with Crippen molar-refractivity contribution in [1.29, 1.82) is 0 Å². The molecule has 1 aliphatic rings. The van der Waals surface area contributed by atoms with Gasteiger partial charge in [-0.1, -0.05) is 24.1 Å². The van der Waals surface area contributed by atoms with Gasteiger partial charge >= 0.3 is 0 Å². The van der Waals surface area contributed by atoms with E-state index in [0.717, 1.165) is 36.8 Å². The van der Waals surface area contributed by atoms with Crippen molar-refractivity contribution in [2.24, 2.45) is 4.99 Å². The number of hydrogen-bond donors (Lipinski definition) is 1. The Morgan fingerprint density at radius 1 is 1.17 bits per heavy atom. The Morgan fingerprint density at radius 3 is 2.63 bits per heavy atom. The minimum absolute atomic E-state index is 0.204. The van der Waals surface area contributed by atoms with Crippen LogP contribution in [-0.2, 0) is 6.54 Å². The molecule has 0 aliphatic carbocycles. The number of hydrogen-bond acceptors (Lipinski definition) is 4. The van der Waals surface area contributed by atoms with E-state index in [9.17, 15) is 0 Å². The van der Waals surface area contributed by atoms with E-state index in [1.54, 1.807) is 14.2 Å². The lowest BCUT2D eigenvalue weighted by molar-refractivity contribution is 0.330. The molecule has 1 aliphatic heterocycles. The maximum atomic E-state index is 5.59. The first-order chi connectivity index (χ1) is 14.7. The number of aliphatic imine (C=N–C) groups is 1. The van der Waals surface area contributed by atoms with Crippen LogP contribution < -0.4 is 19.5 Å². The topological polar surface area (TPSA) is 55.3 Å². The summed E-state index contributed by atoms with van der Waals surface area (Å²) in [7, 11) is 5.12. The van der Waals surface area contributed by atoms with Crippen LogP contribution in [0.2, 0.25) is 0 Å². The summed E-state index contributed by atoms with van der Waals surface area (Å²) >= 11 is 0. The van der Waals surface area contributed by atoms with E-state index in [1.165, 1.54) is 5.56 Å². The Bertz CT molecular complexity index is 903. The van der Waals surface area contributed by atoms with Gasteiger partial charge in [0.25, 0.3) is 0 Å². The zero-order chi connectivity index (χ0) is 21.3. The number of methoxy groups -OCH3 is 2. The summed E-state index contributed by atoms with van der Waals surface area (Å²) in [6, 6.07) is 14.2. The number of benzene rings is 2. The number of nitrogens with zero attached hydrogens (tertiary/aromatic N) is 2. The molecule has 0 bridgehead atoms. The molecule has 6 nitrogen and oxygen atoms in total. The first-order valence-electron chi connectivity index (χ1n) is 10.0. The molecule has 1 N–H and O–H groups in total. The summed E-state index contributed by atoms with van der Waals surface area (Å²) in [6.45, 7) is 2.74. The normalized spacial score (nSPS) is 16.1. The van der Waals surface area contributed by atoms with Crippen LogP contribution in [0.3, 0.4) is 0 Å². The summed E-state index contributed by atoms with van der Waals surface area (Å²) in [5.74, 6) is 6.06. The van der Waals surface area contributed by atoms with Gasteiger partial charge in [-0.25, -0.2) is 0 Å². The second kappa shape index (κ2) is 10.4. The highest BCUT2D eigenvalue weighted by Gasteiger charge is 2.26. The van der Waals surface area contributed by atoms with Crippen LogP contribution in [-0.4, -0.2) is 51.8 Å². The van der Waals surface area contributed by atoms with Crippen molar-refractivity contribution in [3.63, 3.8) is 0 Å². The Labute approximate surface area is 178 Å². The Kier molecular flexibility index (Phi) is 7.45. The SMILES string of the molecule is C#CCOc1cc(CNC(=NC)N2CCC(c3ccc(OC)cc3)C2)ccc1OC. The van der Waals surface area contributed by atoms with Gasteiger partial charge in [0.2, 0.25) is 0 Å². The Morgan fingerprint density at radius 2 is 1.97 bits per heavy atom. The number of ether oxygens (including phenoxy) is 3. The van der Waals surface area contributed by atoms with Crippen molar-refractivity contribution in [3.05, 3.63) is 53.6 Å². The summed E-state index contributed by atoms with van der Waals surface area (Å²) in [4.78, 5) is 6.78. The van der Waals surface area contributed by atoms with E-state index in [4.69, 9.17) is 20.6 Å². The molecule has 0 spiro atoms. The molecule has 0 saturated carbocycles. The highest BCUT2D eigenvalue weighted by atomic mass is 16.5. The predicted octanol–water partition coefficient (Wildman–Crippen LogP) is 3.28. The molecule has 3 rings (SSSR count). The standard InChI is InChI=1S/C24H29N3O3/c1-5-14-30-23-15-18(6-11-22(23)29-4)16-26-24(25-2)27-13-12-20(17-27)19-7-9-21(28-3)10-8-19/h1,6-11,15,20H,12-14,16-17H2,2-4H3,(H,25,26). The molecule has 1 atom stereocenters. The molecule has 6 heteroatoms. The smallest absolute Gasteiger partial charge is 0.193 e. The molecule has 2 aromatic carbocycles. The zero-order valence-corrected chi connectivity index (χ0v) is 17.9. The van der Waals surface area contributed by atoms with Crippen LogP contribution in [0.25, 0.3) is 0 Å². The van der Waals surface area contributed by atoms with E-state index in [1.807, 2.05) is 37.4 Å². The van der Waals surface area contributed by atoms with Gasteiger partial charge in [-0.15, -0.1) is 6.42 Å². The second-order valence-corrected chi connectivity index (χ2v) is 7.08. The van der Waals surface area contributed by atoms with Gasteiger partial charge in [0.1, 0.15) is 12.4 Å². The molecule has 158 valence electrons. The van der Waals surface area contributed by atoms with E-state index in [2.05, 4.69) is 33.3 Å². The third-order valence-electron chi connectivity index (χ3n) is 5.28. The maximum Gasteiger partial charge on any atom is 0.193 e. The van der Waals surface area contributed by atoms with Crippen LogP contribution in [0.4, 0.5) is 0 Å². The van der Waals surface area contributed by atoms with Gasteiger partial charge in [0, 0.05) is 32.6 Å². The van der Waals surface area contributed by atoms with Gasteiger partial charge in [-0.05, 0) is 41.8 Å². The monoisotopic (exact) mass is 407 g/mol. The molecule has 30 heavy (non-hydrogen) atoms. The zero-order valence-electron chi connectivity index (χ0n) is 17.9. The van der Waals surface area contributed by atoms with Crippen molar-refractivity contribution >= 4 is 5.96 Å². The number of guanidine groups is 1. The lowest BCUT2D eigenvalue weighted by atomic mass is 9.98. The van der Waals surface area contributed by atoms with Gasteiger partial charge in [-0.3, -0.25) is 4.99 Å². The van der Waals surface area contributed by atoms with E-state index >= 15 is 0 Å². The summed E-state index contributed by atoms with van der Waals surface area (Å²) < 4.78 is 16.2.